The van der Waals surface area contributed by atoms with Crippen LogP contribution in [0.25, 0.3) is 0 Å². The zero-order valence-electron chi connectivity index (χ0n) is 20.6. The molecule has 0 rings (SSSR count). The SMILES string of the molecule is NCC(=O)NCC(=O)NCC(=O)NCC(=O)NCC(=O)N[C@@H](CO)C(=O)NCC(=O)NCC(=O)NCC(=O)O. The lowest BCUT2D eigenvalue weighted by molar-refractivity contribution is -0.138. The van der Waals surface area contributed by atoms with E-state index in [4.69, 9.17) is 10.8 Å². The molecule has 0 aromatic carbocycles. The van der Waals surface area contributed by atoms with E-state index in [9.17, 15) is 48.3 Å². The Morgan fingerprint density at radius 3 is 1.21 bits per heavy atom. The van der Waals surface area contributed by atoms with Crippen molar-refractivity contribution in [3.63, 3.8) is 0 Å². The third-order valence-electron chi connectivity index (χ3n) is 4.11. The fraction of sp³-hybridized carbons (Fsp3) is 0.526. The van der Waals surface area contributed by atoms with Gasteiger partial charge in [-0.3, -0.25) is 43.2 Å². The van der Waals surface area contributed by atoms with Crippen LogP contribution in [0.1, 0.15) is 0 Å². The Labute approximate surface area is 220 Å². The minimum Gasteiger partial charge on any atom is -0.480 e. The van der Waals surface area contributed by atoms with Crippen LogP contribution in [-0.2, 0) is 43.2 Å². The summed E-state index contributed by atoms with van der Waals surface area (Å²) in [4.78, 5) is 103. The molecule has 0 spiro atoms. The van der Waals surface area contributed by atoms with Crippen LogP contribution in [0.3, 0.4) is 0 Å². The van der Waals surface area contributed by atoms with Gasteiger partial charge in [-0.05, 0) is 0 Å². The number of aliphatic carboxylic acids is 1. The monoisotopic (exact) mass is 561 g/mol. The number of hydrogen-bond acceptors (Lipinski definition) is 11. The molecule has 0 saturated carbocycles. The summed E-state index contributed by atoms with van der Waals surface area (Å²) in [5, 5.41) is 34.7. The zero-order valence-corrected chi connectivity index (χ0v) is 20.6. The third kappa shape index (κ3) is 18.1. The van der Waals surface area contributed by atoms with Crippen LogP contribution in [-0.4, -0.2) is 128 Å². The first-order valence-corrected chi connectivity index (χ1v) is 11.1. The molecule has 0 aromatic heterocycles. The van der Waals surface area contributed by atoms with Gasteiger partial charge in [0.05, 0.1) is 52.4 Å². The Bertz CT molecular complexity index is 942. The first kappa shape index (κ1) is 34.1. The minimum atomic E-state index is -1.49. The van der Waals surface area contributed by atoms with E-state index in [-0.39, 0.29) is 6.54 Å². The maximum Gasteiger partial charge on any atom is 0.322 e. The quantitative estimate of drug-likeness (QED) is 0.0743. The van der Waals surface area contributed by atoms with Crippen molar-refractivity contribution in [1.29, 1.82) is 0 Å². The molecule has 20 heteroatoms. The predicted molar refractivity (Wildman–Crippen MR) is 127 cm³/mol. The predicted octanol–water partition coefficient (Wildman–Crippen LogP) is -8.68. The van der Waals surface area contributed by atoms with E-state index in [1.807, 2.05) is 5.32 Å². The van der Waals surface area contributed by atoms with Crippen molar-refractivity contribution in [1.82, 2.24) is 42.5 Å². The summed E-state index contributed by atoms with van der Waals surface area (Å²) in [6.07, 6.45) is 0. The summed E-state index contributed by atoms with van der Waals surface area (Å²) in [5.74, 6) is -7.50. The lowest BCUT2D eigenvalue weighted by atomic mass is 10.3. The van der Waals surface area contributed by atoms with Gasteiger partial charge < -0.3 is 58.5 Å². The van der Waals surface area contributed by atoms with Gasteiger partial charge >= 0.3 is 5.97 Å². The van der Waals surface area contributed by atoms with Gasteiger partial charge in [0.2, 0.25) is 47.3 Å². The molecule has 12 N–H and O–H groups in total. The van der Waals surface area contributed by atoms with Gasteiger partial charge in [0.15, 0.2) is 0 Å². The Kier molecular flexibility index (Phi) is 16.9. The number of nitrogens with one attached hydrogen (secondary N) is 8. The second-order valence-electron chi connectivity index (χ2n) is 7.28. The van der Waals surface area contributed by atoms with E-state index < -0.39 is 112 Å². The minimum absolute atomic E-state index is 0.310. The Morgan fingerprint density at radius 2 is 0.846 bits per heavy atom. The number of carboxylic acid groups (broad SMARTS) is 1. The summed E-state index contributed by atoms with van der Waals surface area (Å²) in [6, 6.07) is -1.49. The fourth-order valence-corrected chi connectivity index (χ4v) is 2.18. The number of aliphatic hydroxyl groups excluding tert-OH is 1. The summed E-state index contributed by atoms with van der Waals surface area (Å²) in [7, 11) is 0. The molecule has 0 radical (unpaired) electrons. The first-order valence-electron chi connectivity index (χ1n) is 11.1. The smallest absolute Gasteiger partial charge is 0.322 e. The van der Waals surface area contributed by atoms with Gasteiger partial charge in [-0.15, -0.1) is 0 Å². The maximum atomic E-state index is 12.0. The standard InChI is InChI=1S/C19H31N9O11/c20-1-11(30)21-2-12(31)22-3-13(32)23-4-14(33)25-7-17(36)28-10(9-29)19(39)27-6-16(35)24-5-15(34)26-8-18(37)38/h10,29H,1-9,20H2,(H,21,30)(H,22,31)(H,23,32)(H,24,35)(H,25,33)(H,26,34)(H,27,39)(H,28,36)(H,37,38)/t10-/m0/s1. The lowest BCUT2D eigenvalue weighted by Gasteiger charge is -2.16. The highest BCUT2D eigenvalue weighted by atomic mass is 16.4. The van der Waals surface area contributed by atoms with Gasteiger partial charge in [0.1, 0.15) is 12.6 Å². The molecule has 1 atom stereocenters. The van der Waals surface area contributed by atoms with Crippen LogP contribution in [0.15, 0.2) is 0 Å². The molecular formula is C19H31N9O11. The molecule has 0 saturated heterocycles. The van der Waals surface area contributed by atoms with Crippen LogP contribution < -0.4 is 48.3 Å². The normalized spacial score (nSPS) is 10.6. The Balaban J connectivity index is 4.22. The number of hydrogen-bond donors (Lipinski definition) is 11. The molecule has 0 bridgehead atoms. The highest BCUT2D eigenvalue weighted by Crippen LogP contribution is 1.84. The van der Waals surface area contributed by atoms with E-state index in [2.05, 4.69) is 37.2 Å². The molecule has 0 aliphatic rings. The van der Waals surface area contributed by atoms with Crippen molar-refractivity contribution in [3.8, 4) is 0 Å². The number of carbonyl (C=O) groups excluding carboxylic acids is 8. The van der Waals surface area contributed by atoms with E-state index >= 15 is 0 Å². The topological polar surface area (TPSA) is 316 Å². The largest absolute Gasteiger partial charge is 0.480 e. The van der Waals surface area contributed by atoms with Gasteiger partial charge in [0, 0.05) is 0 Å². The molecule has 8 amide bonds. The molecular weight excluding hydrogens is 530 g/mol. The molecule has 0 fully saturated rings. The Morgan fingerprint density at radius 1 is 0.513 bits per heavy atom. The molecule has 0 aromatic rings. The Hall–Kier alpha value is -4.85. The van der Waals surface area contributed by atoms with Crippen molar-refractivity contribution in [2.45, 2.75) is 6.04 Å². The first-order chi connectivity index (χ1) is 18.4. The summed E-state index contributed by atoms with van der Waals surface area (Å²) >= 11 is 0. The number of rotatable bonds is 18. The molecule has 0 heterocycles. The fourth-order valence-electron chi connectivity index (χ4n) is 2.18. The van der Waals surface area contributed by atoms with Crippen LogP contribution in [0.2, 0.25) is 0 Å². The molecule has 0 unspecified atom stereocenters. The number of aliphatic hydroxyl groups is 1. The molecule has 0 aliphatic heterocycles. The van der Waals surface area contributed by atoms with Gasteiger partial charge in [-0.2, -0.15) is 0 Å². The number of carbonyl (C=O) groups is 9. The van der Waals surface area contributed by atoms with Crippen molar-refractivity contribution in [3.05, 3.63) is 0 Å². The molecule has 218 valence electrons. The average molecular weight is 562 g/mol. The highest BCUT2D eigenvalue weighted by Gasteiger charge is 2.21. The van der Waals surface area contributed by atoms with Crippen LogP contribution in [0.5, 0.6) is 0 Å². The molecule has 20 nitrogen and oxygen atoms in total. The van der Waals surface area contributed by atoms with E-state index in [1.54, 1.807) is 0 Å². The number of nitrogens with two attached hydrogens (primary N) is 1. The lowest BCUT2D eigenvalue weighted by Crippen LogP contribution is -2.53. The van der Waals surface area contributed by atoms with Gasteiger partial charge in [-0.25, -0.2) is 0 Å². The summed E-state index contributed by atoms with van der Waals surface area (Å²) < 4.78 is 0. The highest BCUT2D eigenvalue weighted by molar-refractivity contribution is 5.94. The average Bonchev–Trinajstić information content (AvgIpc) is 2.91. The summed E-state index contributed by atoms with van der Waals surface area (Å²) in [6.45, 7) is -5.07. The van der Waals surface area contributed by atoms with E-state index in [0.29, 0.717) is 0 Å². The number of amides is 8. The van der Waals surface area contributed by atoms with Gasteiger partial charge in [-0.1, -0.05) is 0 Å². The van der Waals surface area contributed by atoms with Crippen LogP contribution >= 0.6 is 0 Å². The third-order valence-corrected chi connectivity index (χ3v) is 4.11. The maximum absolute atomic E-state index is 12.0. The van der Waals surface area contributed by atoms with E-state index in [0.717, 1.165) is 0 Å². The second-order valence-corrected chi connectivity index (χ2v) is 7.28. The molecule has 0 aliphatic carbocycles. The van der Waals surface area contributed by atoms with Crippen LogP contribution in [0, 0.1) is 0 Å². The van der Waals surface area contributed by atoms with E-state index in [1.165, 1.54) is 0 Å². The zero-order chi connectivity index (χ0) is 29.8. The van der Waals surface area contributed by atoms with Crippen molar-refractivity contribution < 1.29 is 53.4 Å². The van der Waals surface area contributed by atoms with Crippen molar-refractivity contribution in [2.24, 2.45) is 5.73 Å². The van der Waals surface area contributed by atoms with Crippen molar-refractivity contribution >= 4 is 53.2 Å². The number of carboxylic acids is 1. The van der Waals surface area contributed by atoms with Gasteiger partial charge in [0.25, 0.3) is 0 Å². The van der Waals surface area contributed by atoms with Crippen molar-refractivity contribution in [2.75, 3.05) is 59.0 Å². The summed E-state index contributed by atoms with van der Waals surface area (Å²) in [5.41, 5.74) is 5.05. The molecule has 39 heavy (non-hydrogen) atoms. The van der Waals surface area contributed by atoms with Crippen LogP contribution in [0.4, 0.5) is 0 Å². The second kappa shape index (κ2) is 19.3.